The Hall–Kier alpha value is -3.44. The zero-order valence-electron chi connectivity index (χ0n) is 15.4. The van der Waals surface area contributed by atoms with Crippen molar-refractivity contribution in [3.8, 4) is 11.3 Å². The fourth-order valence-electron chi connectivity index (χ4n) is 3.08. The van der Waals surface area contributed by atoms with Gasteiger partial charge in [0.25, 0.3) is 0 Å². The number of aromatic amines is 1. The van der Waals surface area contributed by atoms with Crippen LogP contribution in [0.15, 0.2) is 84.0 Å². The van der Waals surface area contributed by atoms with Crippen LogP contribution >= 0.6 is 12.2 Å². The van der Waals surface area contributed by atoms with Crippen molar-refractivity contribution in [2.45, 2.75) is 6.92 Å². The van der Waals surface area contributed by atoms with Gasteiger partial charge in [-0.1, -0.05) is 66.2 Å². The van der Waals surface area contributed by atoms with Gasteiger partial charge in [0.2, 0.25) is 0 Å². The van der Waals surface area contributed by atoms with Gasteiger partial charge in [-0.2, -0.15) is 5.10 Å². The third-order valence-electron chi connectivity index (χ3n) is 4.48. The van der Waals surface area contributed by atoms with Gasteiger partial charge in [-0.05, 0) is 42.9 Å². The van der Waals surface area contributed by atoms with Crippen molar-refractivity contribution in [2.24, 2.45) is 5.10 Å². The Morgan fingerprint density at radius 2 is 1.64 bits per heavy atom. The molecule has 1 aromatic heterocycles. The minimum Gasteiger partial charge on any atom is -0.354 e. The molecule has 0 unspecified atom stereocenters. The molecule has 0 spiro atoms. The standard InChI is InChI=1S/C23H20N4S/c1-16-11-13-18(14-12-16)25-23(28)27-24-15-20-19-9-5-6-10-21(19)26-22(20)17-7-3-2-4-8-17/h2-15,26H,1H3,(H2,25,27,28)/b24-15+. The lowest BCUT2D eigenvalue weighted by molar-refractivity contribution is 1.05. The van der Waals surface area contributed by atoms with Crippen molar-refractivity contribution in [3.05, 3.63) is 90.0 Å². The molecule has 1 heterocycles. The quantitative estimate of drug-likeness (QED) is 0.249. The first-order valence-corrected chi connectivity index (χ1v) is 9.44. The summed E-state index contributed by atoms with van der Waals surface area (Å²) in [4.78, 5) is 3.50. The molecule has 28 heavy (non-hydrogen) atoms. The van der Waals surface area contributed by atoms with E-state index in [-0.39, 0.29) is 0 Å². The SMILES string of the molecule is Cc1ccc(NC(=S)N/N=C/c2c(-c3ccccc3)[nH]c3ccccc23)cc1. The Labute approximate surface area is 169 Å². The van der Waals surface area contributed by atoms with E-state index in [1.807, 2.05) is 60.8 Å². The van der Waals surface area contributed by atoms with Crippen molar-refractivity contribution < 1.29 is 0 Å². The van der Waals surface area contributed by atoms with E-state index in [1.54, 1.807) is 0 Å². The highest BCUT2D eigenvalue weighted by atomic mass is 32.1. The average molecular weight is 385 g/mol. The number of fused-ring (bicyclic) bond motifs is 1. The van der Waals surface area contributed by atoms with Crippen LogP contribution in [-0.2, 0) is 0 Å². The van der Waals surface area contributed by atoms with Gasteiger partial charge in [0.15, 0.2) is 5.11 Å². The number of nitrogens with one attached hydrogen (secondary N) is 3. The molecule has 0 atom stereocenters. The van der Waals surface area contributed by atoms with Crippen LogP contribution in [0.25, 0.3) is 22.2 Å². The molecule has 4 aromatic rings. The lowest BCUT2D eigenvalue weighted by Gasteiger charge is -2.07. The van der Waals surface area contributed by atoms with Crippen LogP contribution in [-0.4, -0.2) is 16.3 Å². The lowest BCUT2D eigenvalue weighted by Crippen LogP contribution is -2.23. The monoisotopic (exact) mass is 384 g/mol. The molecule has 5 heteroatoms. The normalized spacial score (nSPS) is 11.0. The van der Waals surface area contributed by atoms with E-state index in [2.05, 4.69) is 52.0 Å². The number of H-pyrrole nitrogens is 1. The number of hydrogen-bond donors (Lipinski definition) is 3. The first kappa shape index (κ1) is 17.9. The Morgan fingerprint density at radius 3 is 2.43 bits per heavy atom. The van der Waals surface area contributed by atoms with E-state index in [0.717, 1.165) is 33.4 Å². The maximum absolute atomic E-state index is 5.34. The number of benzene rings is 3. The summed E-state index contributed by atoms with van der Waals surface area (Å²) in [5.74, 6) is 0. The molecule has 0 aliphatic heterocycles. The second-order valence-electron chi connectivity index (χ2n) is 6.52. The van der Waals surface area contributed by atoms with Crippen LogP contribution in [0.2, 0.25) is 0 Å². The van der Waals surface area contributed by atoms with Gasteiger partial charge in [-0.25, -0.2) is 0 Å². The number of thiocarbonyl (C=S) groups is 1. The van der Waals surface area contributed by atoms with Gasteiger partial charge in [-0.3, -0.25) is 5.43 Å². The van der Waals surface area contributed by atoms with Crippen LogP contribution in [0.3, 0.4) is 0 Å². The zero-order valence-corrected chi connectivity index (χ0v) is 16.3. The molecule has 4 rings (SSSR count). The van der Waals surface area contributed by atoms with E-state index in [1.165, 1.54) is 5.56 Å². The molecule has 0 bridgehead atoms. The van der Waals surface area contributed by atoms with Crippen molar-refractivity contribution >= 4 is 40.1 Å². The predicted octanol–water partition coefficient (Wildman–Crippen LogP) is 5.46. The van der Waals surface area contributed by atoms with E-state index >= 15 is 0 Å². The smallest absolute Gasteiger partial charge is 0.191 e. The molecular formula is C23H20N4S. The van der Waals surface area contributed by atoms with E-state index in [4.69, 9.17) is 12.2 Å². The molecular weight excluding hydrogens is 364 g/mol. The summed E-state index contributed by atoms with van der Waals surface area (Å²) in [7, 11) is 0. The molecule has 3 aromatic carbocycles. The highest BCUT2D eigenvalue weighted by Gasteiger charge is 2.11. The molecule has 138 valence electrons. The number of para-hydroxylation sites is 1. The highest BCUT2D eigenvalue weighted by Crippen LogP contribution is 2.28. The van der Waals surface area contributed by atoms with Crippen molar-refractivity contribution in [1.82, 2.24) is 10.4 Å². The van der Waals surface area contributed by atoms with Crippen LogP contribution in [0.1, 0.15) is 11.1 Å². The molecule has 4 nitrogen and oxygen atoms in total. The Balaban J connectivity index is 1.56. The Bertz CT molecular complexity index is 1130. The predicted molar refractivity (Wildman–Crippen MR) is 122 cm³/mol. The fraction of sp³-hybridized carbons (Fsp3) is 0.0435. The van der Waals surface area contributed by atoms with Crippen LogP contribution in [0, 0.1) is 6.92 Å². The fourth-order valence-corrected chi connectivity index (χ4v) is 3.25. The molecule has 0 radical (unpaired) electrons. The number of hydrazone groups is 1. The summed E-state index contributed by atoms with van der Waals surface area (Å²) in [5.41, 5.74) is 9.27. The number of aryl methyl sites for hydroxylation is 1. The third kappa shape index (κ3) is 3.94. The number of aromatic nitrogens is 1. The summed E-state index contributed by atoms with van der Waals surface area (Å²) in [6.07, 6.45) is 1.81. The van der Waals surface area contributed by atoms with Crippen molar-refractivity contribution in [3.63, 3.8) is 0 Å². The maximum atomic E-state index is 5.34. The molecule has 0 aliphatic rings. The number of anilines is 1. The topological polar surface area (TPSA) is 52.2 Å². The second-order valence-corrected chi connectivity index (χ2v) is 6.92. The highest BCUT2D eigenvalue weighted by molar-refractivity contribution is 7.80. The van der Waals surface area contributed by atoms with E-state index in [0.29, 0.717) is 5.11 Å². The van der Waals surface area contributed by atoms with E-state index < -0.39 is 0 Å². The van der Waals surface area contributed by atoms with Gasteiger partial charge in [0.05, 0.1) is 11.9 Å². The third-order valence-corrected chi connectivity index (χ3v) is 4.67. The Morgan fingerprint density at radius 1 is 0.929 bits per heavy atom. The zero-order chi connectivity index (χ0) is 19.3. The van der Waals surface area contributed by atoms with Gasteiger partial charge in [-0.15, -0.1) is 0 Å². The summed E-state index contributed by atoms with van der Waals surface area (Å²) in [6.45, 7) is 2.05. The van der Waals surface area contributed by atoms with Crippen molar-refractivity contribution in [2.75, 3.05) is 5.32 Å². The van der Waals surface area contributed by atoms with Gasteiger partial charge >= 0.3 is 0 Å². The van der Waals surface area contributed by atoms with Crippen LogP contribution in [0.5, 0.6) is 0 Å². The minimum atomic E-state index is 0.446. The first-order chi connectivity index (χ1) is 13.7. The summed E-state index contributed by atoms with van der Waals surface area (Å²) in [6, 6.07) is 26.5. The molecule has 0 fully saturated rings. The largest absolute Gasteiger partial charge is 0.354 e. The molecule has 3 N–H and O–H groups in total. The molecule has 0 amide bonds. The summed E-state index contributed by atoms with van der Waals surface area (Å²) >= 11 is 5.34. The molecule has 0 aliphatic carbocycles. The minimum absolute atomic E-state index is 0.446. The summed E-state index contributed by atoms with van der Waals surface area (Å²) < 4.78 is 0. The van der Waals surface area contributed by atoms with Gasteiger partial charge in [0.1, 0.15) is 0 Å². The summed E-state index contributed by atoms with van der Waals surface area (Å²) in [5, 5.41) is 9.06. The van der Waals surface area contributed by atoms with Crippen LogP contribution < -0.4 is 10.7 Å². The molecule has 0 saturated heterocycles. The Kier molecular flexibility index (Phi) is 5.17. The number of rotatable bonds is 4. The van der Waals surface area contributed by atoms with Crippen molar-refractivity contribution in [1.29, 1.82) is 0 Å². The van der Waals surface area contributed by atoms with Crippen LogP contribution in [0.4, 0.5) is 5.69 Å². The first-order valence-electron chi connectivity index (χ1n) is 9.03. The maximum Gasteiger partial charge on any atom is 0.191 e. The lowest BCUT2D eigenvalue weighted by atomic mass is 10.1. The average Bonchev–Trinajstić information content (AvgIpc) is 3.09. The van der Waals surface area contributed by atoms with E-state index in [9.17, 15) is 0 Å². The number of hydrogen-bond acceptors (Lipinski definition) is 2. The van der Waals surface area contributed by atoms with Gasteiger partial charge in [0, 0.05) is 22.2 Å². The second kappa shape index (κ2) is 8.06. The number of nitrogens with zero attached hydrogens (tertiary/aromatic N) is 1. The molecule has 0 saturated carbocycles. The van der Waals surface area contributed by atoms with Gasteiger partial charge < -0.3 is 10.3 Å².